The zero-order valence-corrected chi connectivity index (χ0v) is 19.7. The number of nitrogens with one attached hydrogen (secondary N) is 2. The third-order valence-corrected chi connectivity index (χ3v) is 7.90. The summed E-state index contributed by atoms with van der Waals surface area (Å²) in [6, 6.07) is 13.7. The van der Waals surface area contributed by atoms with Crippen LogP contribution in [0.5, 0.6) is 5.75 Å². The van der Waals surface area contributed by atoms with Crippen molar-refractivity contribution in [1.29, 1.82) is 0 Å². The Hall–Kier alpha value is -2.88. The Balaban J connectivity index is 1.56. The van der Waals surface area contributed by atoms with Crippen molar-refractivity contribution in [2.45, 2.75) is 30.7 Å². The van der Waals surface area contributed by atoms with Gasteiger partial charge in [-0.2, -0.15) is 9.40 Å². The van der Waals surface area contributed by atoms with Crippen LogP contribution < -0.4 is 10.1 Å². The second-order valence-corrected chi connectivity index (χ2v) is 10.1. The zero-order valence-electron chi connectivity index (χ0n) is 18.2. The van der Waals surface area contributed by atoms with E-state index >= 15 is 0 Å². The van der Waals surface area contributed by atoms with Crippen LogP contribution in [-0.4, -0.2) is 49.0 Å². The van der Waals surface area contributed by atoms with Crippen molar-refractivity contribution in [1.82, 2.24) is 19.8 Å². The van der Waals surface area contributed by atoms with Crippen LogP contribution in [0.25, 0.3) is 11.3 Å². The number of nitrogens with zero attached hydrogens (tertiary/aromatic N) is 2. The molecule has 3 aromatic rings. The monoisotopic (exact) mass is 488 g/mol. The summed E-state index contributed by atoms with van der Waals surface area (Å²) in [5.74, 6) is -0.0686. The molecule has 8 nitrogen and oxygen atoms in total. The number of rotatable bonds is 7. The summed E-state index contributed by atoms with van der Waals surface area (Å²) in [5, 5.41) is 10.3. The number of methoxy groups -OCH3 is 1. The molecule has 4 rings (SSSR count). The molecule has 0 aliphatic carbocycles. The van der Waals surface area contributed by atoms with E-state index < -0.39 is 10.0 Å². The van der Waals surface area contributed by atoms with Gasteiger partial charge in [-0.05, 0) is 48.7 Å². The lowest BCUT2D eigenvalue weighted by Gasteiger charge is -2.26. The predicted octanol–water partition coefficient (Wildman–Crippen LogP) is 3.84. The number of amides is 1. The second kappa shape index (κ2) is 9.94. The van der Waals surface area contributed by atoms with E-state index in [1.165, 1.54) is 11.4 Å². The van der Waals surface area contributed by atoms with E-state index in [2.05, 4.69) is 15.5 Å². The molecule has 0 atom stereocenters. The number of hydrogen-bond acceptors (Lipinski definition) is 5. The maximum atomic E-state index is 13.3. The highest BCUT2D eigenvalue weighted by Gasteiger charge is 2.29. The highest BCUT2D eigenvalue weighted by molar-refractivity contribution is 7.89. The maximum absolute atomic E-state index is 13.3. The van der Waals surface area contributed by atoms with Gasteiger partial charge in [0.05, 0.1) is 12.8 Å². The average Bonchev–Trinajstić information content (AvgIpc) is 3.34. The van der Waals surface area contributed by atoms with Crippen LogP contribution in [-0.2, 0) is 16.6 Å². The number of sulfonamides is 1. The van der Waals surface area contributed by atoms with E-state index in [0.717, 1.165) is 24.8 Å². The van der Waals surface area contributed by atoms with E-state index in [-0.39, 0.29) is 28.8 Å². The highest BCUT2D eigenvalue weighted by atomic mass is 35.5. The first-order chi connectivity index (χ1) is 15.9. The number of aromatic nitrogens is 2. The van der Waals surface area contributed by atoms with Crippen molar-refractivity contribution in [2.75, 3.05) is 20.2 Å². The Morgan fingerprint density at radius 3 is 2.64 bits per heavy atom. The van der Waals surface area contributed by atoms with Crippen LogP contribution in [0.2, 0.25) is 5.02 Å². The minimum absolute atomic E-state index is 0.0946. The van der Waals surface area contributed by atoms with Crippen LogP contribution in [0.3, 0.4) is 0 Å². The standard InChI is InChI=1S/C23H25ClN4O4S/c1-32-21-10-9-16(13-22(21)33(30,31)28-11-5-2-6-12-28)19-14-20(27-26-19)23(29)25-15-17-7-3-4-8-18(17)24/h3-4,7-10,13-14H,2,5-6,11-12,15H2,1H3,(H,25,29)(H,26,27). The van der Waals surface area contributed by atoms with Gasteiger partial charge in [-0.15, -0.1) is 0 Å². The Morgan fingerprint density at radius 1 is 1.15 bits per heavy atom. The van der Waals surface area contributed by atoms with Crippen molar-refractivity contribution in [3.63, 3.8) is 0 Å². The Bertz CT molecular complexity index is 1250. The molecule has 174 valence electrons. The molecule has 0 bridgehead atoms. The van der Waals surface area contributed by atoms with Crippen molar-refractivity contribution in [3.05, 3.63) is 64.8 Å². The van der Waals surface area contributed by atoms with E-state index in [1.54, 1.807) is 30.3 Å². The first-order valence-electron chi connectivity index (χ1n) is 10.7. The van der Waals surface area contributed by atoms with Crippen LogP contribution in [0, 0.1) is 0 Å². The molecule has 2 heterocycles. The van der Waals surface area contributed by atoms with Crippen LogP contribution >= 0.6 is 11.6 Å². The van der Waals surface area contributed by atoms with E-state index in [0.29, 0.717) is 29.4 Å². The van der Waals surface area contributed by atoms with Crippen LogP contribution in [0.4, 0.5) is 0 Å². The molecular weight excluding hydrogens is 464 g/mol. The summed E-state index contributed by atoms with van der Waals surface area (Å²) in [5.41, 5.74) is 2.08. The lowest BCUT2D eigenvalue weighted by molar-refractivity contribution is 0.0946. The minimum atomic E-state index is -3.71. The fourth-order valence-electron chi connectivity index (χ4n) is 3.78. The van der Waals surface area contributed by atoms with Crippen molar-refractivity contribution >= 4 is 27.5 Å². The molecule has 1 aromatic heterocycles. The molecule has 0 radical (unpaired) electrons. The summed E-state index contributed by atoms with van der Waals surface area (Å²) >= 11 is 6.14. The van der Waals surface area contributed by atoms with E-state index in [1.807, 2.05) is 18.2 Å². The molecule has 0 spiro atoms. The molecule has 1 aliphatic heterocycles. The van der Waals surface area contributed by atoms with E-state index in [9.17, 15) is 13.2 Å². The quantitative estimate of drug-likeness (QED) is 0.525. The number of aromatic amines is 1. The molecule has 1 saturated heterocycles. The zero-order chi connectivity index (χ0) is 23.4. The van der Waals surface area contributed by atoms with Gasteiger partial charge in [-0.1, -0.05) is 36.2 Å². The average molecular weight is 489 g/mol. The maximum Gasteiger partial charge on any atom is 0.269 e. The predicted molar refractivity (Wildman–Crippen MR) is 126 cm³/mol. The number of halogens is 1. The lowest BCUT2D eigenvalue weighted by Crippen LogP contribution is -2.35. The third kappa shape index (κ3) is 5.05. The first-order valence-corrected chi connectivity index (χ1v) is 12.5. The van der Waals surface area contributed by atoms with Crippen LogP contribution in [0.1, 0.15) is 35.3 Å². The van der Waals surface area contributed by atoms with E-state index in [4.69, 9.17) is 16.3 Å². The smallest absolute Gasteiger partial charge is 0.269 e. The summed E-state index contributed by atoms with van der Waals surface area (Å²) in [6.45, 7) is 1.26. The molecule has 10 heteroatoms. The SMILES string of the molecule is COc1ccc(-c2cc(C(=O)NCc3ccccc3Cl)[nH]n2)cc1S(=O)(=O)N1CCCCC1. The summed E-state index contributed by atoms with van der Waals surface area (Å²) in [7, 11) is -2.26. The summed E-state index contributed by atoms with van der Waals surface area (Å²) in [4.78, 5) is 12.7. The number of ether oxygens (including phenoxy) is 1. The second-order valence-electron chi connectivity index (χ2n) is 7.77. The molecule has 0 unspecified atom stereocenters. The van der Waals surface area contributed by atoms with Gasteiger partial charge >= 0.3 is 0 Å². The molecule has 2 N–H and O–H groups in total. The molecule has 1 aliphatic rings. The largest absolute Gasteiger partial charge is 0.495 e. The van der Waals surface area contributed by atoms with Gasteiger partial charge in [-0.25, -0.2) is 8.42 Å². The van der Waals surface area contributed by atoms with Gasteiger partial charge < -0.3 is 10.1 Å². The van der Waals surface area contributed by atoms with Gasteiger partial charge in [-0.3, -0.25) is 9.89 Å². The number of piperidine rings is 1. The fraction of sp³-hybridized carbons (Fsp3) is 0.304. The Morgan fingerprint density at radius 2 is 1.91 bits per heavy atom. The third-order valence-electron chi connectivity index (χ3n) is 5.61. The topological polar surface area (TPSA) is 104 Å². The van der Waals surface area contributed by atoms with Gasteiger partial charge in [0, 0.05) is 30.2 Å². The van der Waals surface area contributed by atoms with Crippen molar-refractivity contribution < 1.29 is 17.9 Å². The Labute approximate surface area is 198 Å². The number of carbonyl (C=O) groups is 1. The summed E-state index contributed by atoms with van der Waals surface area (Å²) in [6.07, 6.45) is 2.71. The van der Waals surface area contributed by atoms with Crippen molar-refractivity contribution in [2.24, 2.45) is 0 Å². The normalized spacial score (nSPS) is 14.7. The first kappa shape index (κ1) is 23.3. The van der Waals surface area contributed by atoms with Gasteiger partial charge in [0.1, 0.15) is 16.3 Å². The highest BCUT2D eigenvalue weighted by Crippen LogP contribution is 2.32. The minimum Gasteiger partial charge on any atom is -0.495 e. The van der Waals surface area contributed by atoms with Crippen molar-refractivity contribution in [3.8, 4) is 17.0 Å². The van der Waals surface area contributed by atoms with Crippen LogP contribution in [0.15, 0.2) is 53.4 Å². The Kier molecular flexibility index (Phi) is 7.02. The molecule has 1 amide bonds. The number of hydrogen-bond donors (Lipinski definition) is 2. The molecular formula is C23H25ClN4O4S. The number of benzene rings is 2. The number of carbonyl (C=O) groups excluding carboxylic acids is 1. The fourth-order valence-corrected chi connectivity index (χ4v) is 5.68. The van der Waals surface area contributed by atoms with Gasteiger partial charge in [0.15, 0.2) is 0 Å². The van der Waals surface area contributed by atoms with Gasteiger partial charge in [0.2, 0.25) is 10.0 Å². The summed E-state index contributed by atoms with van der Waals surface area (Å²) < 4.78 is 33.3. The number of H-pyrrole nitrogens is 1. The molecule has 0 saturated carbocycles. The molecule has 2 aromatic carbocycles. The molecule has 1 fully saturated rings. The van der Waals surface area contributed by atoms with Gasteiger partial charge in [0.25, 0.3) is 5.91 Å². The molecule has 33 heavy (non-hydrogen) atoms. The lowest BCUT2D eigenvalue weighted by atomic mass is 10.1.